The average Bonchev–Trinajstić information content (AvgIpc) is 3.14. The quantitative estimate of drug-likeness (QED) is 0.351. The fraction of sp³-hybridized carbons (Fsp3) is 0.125. The van der Waals surface area contributed by atoms with E-state index in [9.17, 15) is 4.79 Å². The Morgan fingerprint density at radius 3 is 2.70 bits per heavy atom. The van der Waals surface area contributed by atoms with Crippen LogP contribution in [-0.4, -0.2) is 15.9 Å². The van der Waals surface area contributed by atoms with Crippen molar-refractivity contribution in [2.45, 2.75) is 20.4 Å². The molecule has 150 valence electrons. The van der Waals surface area contributed by atoms with Crippen LogP contribution in [0.15, 0.2) is 67.0 Å². The summed E-state index contributed by atoms with van der Waals surface area (Å²) in [6.07, 6.45) is 6.76. The molecular weight excluding hydrogens is 414 g/mol. The van der Waals surface area contributed by atoms with Crippen LogP contribution in [0.25, 0.3) is 16.3 Å². The second-order valence-electron chi connectivity index (χ2n) is 7.04. The van der Waals surface area contributed by atoms with Gasteiger partial charge in [-0.05, 0) is 66.4 Å². The predicted octanol–water partition coefficient (Wildman–Crippen LogP) is 6.21. The minimum atomic E-state index is -0.161. The normalized spacial score (nSPS) is 11.3. The van der Waals surface area contributed by atoms with E-state index in [-0.39, 0.29) is 5.91 Å². The molecule has 2 aromatic heterocycles. The van der Waals surface area contributed by atoms with E-state index in [1.807, 2.05) is 30.3 Å². The summed E-state index contributed by atoms with van der Waals surface area (Å²) in [5.41, 5.74) is 5.02. The lowest BCUT2D eigenvalue weighted by Gasteiger charge is -2.18. The first kappa shape index (κ1) is 20.3. The number of hydrogen-bond donors (Lipinski definition) is 0. The van der Waals surface area contributed by atoms with Crippen LogP contribution in [-0.2, 0) is 11.3 Å². The molecule has 0 aliphatic carbocycles. The summed E-state index contributed by atoms with van der Waals surface area (Å²) in [6.45, 7) is 4.54. The van der Waals surface area contributed by atoms with Crippen LogP contribution in [0.3, 0.4) is 0 Å². The first-order chi connectivity index (χ1) is 14.5. The Morgan fingerprint density at radius 1 is 1.13 bits per heavy atom. The number of carbonyl (C=O) groups excluding carboxylic acids is 1. The Hall–Kier alpha value is -3.02. The van der Waals surface area contributed by atoms with Gasteiger partial charge < -0.3 is 0 Å². The number of aryl methyl sites for hydroxylation is 2. The van der Waals surface area contributed by atoms with Crippen LogP contribution < -0.4 is 4.90 Å². The van der Waals surface area contributed by atoms with Crippen molar-refractivity contribution < 1.29 is 4.79 Å². The van der Waals surface area contributed by atoms with Crippen LogP contribution in [0.2, 0.25) is 5.02 Å². The first-order valence-electron chi connectivity index (χ1n) is 9.52. The van der Waals surface area contributed by atoms with E-state index in [4.69, 9.17) is 16.6 Å². The van der Waals surface area contributed by atoms with Gasteiger partial charge in [0.1, 0.15) is 0 Å². The number of aromatic nitrogens is 2. The lowest BCUT2D eigenvalue weighted by molar-refractivity contribution is -0.114. The number of carbonyl (C=O) groups is 1. The van der Waals surface area contributed by atoms with Gasteiger partial charge >= 0.3 is 0 Å². The van der Waals surface area contributed by atoms with E-state index in [0.717, 1.165) is 21.3 Å². The Morgan fingerprint density at radius 2 is 1.93 bits per heavy atom. The molecular formula is C24H20ClN3OS. The maximum Gasteiger partial charge on any atom is 0.253 e. The zero-order valence-electron chi connectivity index (χ0n) is 16.7. The fourth-order valence-electron chi connectivity index (χ4n) is 3.06. The molecule has 0 aliphatic rings. The molecule has 4 aromatic rings. The van der Waals surface area contributed by atoms with Crippen molar-refractivity contribution in [2.24, 2.45) is 0 Å². The SMILES string of the molecule is Cc1cc2nc(N(Cc3cccnc3)C(=O)/C=C/c3ccccc3Cl)sc2cc1C. The number of thiazole rings is 1. The molecule has 0 N–H and O–H groups in total. The molecule has 0 atom stereocenters. The molecule has 4 nitrogen and oxygen atoms in total. The van der Waals surface area contributed by atoms with Gasteiger partial charge in [0.25, 0.3) is 5.91 Å². The molecule has 0 bridgehead atoms. The summed E-state index contributed by atoms with van der Waals surface area (Å²) >= 11 is 7.74. The van der Waals surface area contributed by atoms with Gasteiger partial charge in [-0.15, -0.1) is 0 Å². The number of fused-ring (bicyclic) bond motifs is 1. The molecule has 4 rings (SSSR count). The summed E-state index contributed by atoms with van der Waals surface area (Å²) in [5, 5.41) is 1.26. The van der Waals surface area contributed by atoms with Crippen LogP contribution >= 0.6 is 22.9 Å². The van der Waals surface area contributed by atoms with E-state index >= 15 is 0 Å². The zero-order valence-corrected chi connectivity index (χ0v) is 18.2. The van der Waals surface area contributed by atoms with Crippen molar-refractivity contribution in [2.75, 3.05) is 4.90 Å². The highest BCUT2D eigenvalue weighted by atomic mass is 35.5. The Labute approximate surface area is 184 Å². The van der Waals surface area contributed by atoms with Gasteiger partial charge in [-0.3, -0.25) is 14.7 Å². The summed E-state index contributed by atoms with van der Waals surface area (Å²) in [6, 6.07) is 15.4. The highest BCUT2D eigenvalue weighted by Crippen LogP contribution is 2.32. The molecule has 0 saturated carbocycles. The molecule has 0 saturated heterocycles. The van der Waals surface area contributed by atoms with E-state index in [0.29, 0.717) is 16.7 Å². The van der Waals surface area contributed by atoms with Crippen LogP contribution in [0.1, 0.15) is 22.3 Å². The molecule has 30 heavy (non-hydrogen) atoms. The highest BCUT2D eigenvalue weighted by Gasteiger charge is 2.19. The third-order valence-electron chi connectivity index (χ3n) is 4.86. The average molecular weight is 434 g/mol. The second-order valence-corrected chi connectivity index (χ2v) is 8.46. The maximum atomic E-state index is 13.2. The third-order valence-corrected chi connectivity index (χ3v) is 6.25. The van der Waals surface area contributed by atoms with Gasteiger partial charge in [0.05, 0.1) is 16.8 Å². The van der Waals surface area contributed by atoms with Crippen LogP contribution in [0.5, 0.6) is 0 Å². The van der Waals surface area contributed by atoms with Crippen molar-refractivity contribution in [1.29, 1.82) is 0 Å². The molecule has 2 heterocycles. The number of halogens is 1. The lowest BCUT2D eigenvalue weighted by Crippen LogP contribution is -2.28. The number of rotatable bonds is 5. The number of anilines is 1. The van der Waals surface area contributed by atoms with Gasteiger partial charge in [-0.1, -0.05) is 47.2 Å². The second kappa shape index (κ2) is 8.78. The van der Waals surface area contributed by atoms with E-state index in [2.05, 4.69) is 31.0 Å². The van der Waals surface area contributed by atoms with Crippen molar-refractivity contribution in [1.82, 2.24) is 9.97 Å². The summed E-state index contributed by atoms with van der Waals surface area (Å²) in [5.74, 6) is -0.161. The molecule has 6 heteroatoms. The number of hydrogen-bond acceptors (Lipinski definition) is 4. The smallest absolute Gasteiger partial charge is 0.253 e. The van der Waals surface area contributed by atoms with Gasteiger partial charge in [0.2, 0.25) is 0 Å². The molecule has 0 radical (unpaired) electrons. The Balaban J connectivity index is 1.71. The number of nitrogens with zero attached hydrogens (tertiary/aromatic N) is 3. The molecule has 0 spiro atoms. The predicted molar refractivity (Wildman–Crippen MR) is 125 cm³/mol. The van der Waals surface area contributed by atoms with Gasteiger partial charge in [0, 0.05) is 23.5 Å². The monoisotopic (exact) mass is 433 g/mol. The molecule has 0 fully saturated rings. The van der Waals surface area contributed by atoms with E-state index < -0.39 is 0 Å². The minimum Gasteiger partial charge on any atom is -0.280 e. The van der Waals surface area contributed by atoms with Gasteiger partial charge in [0.15, 0.2) is 5.13 Å². The van der Waals surface area contributed by atoms with Gasteiger partial charge in [-0.25, -0.2) is 4.98 Å². The number of pyridine rings is 1. The lowest BCUT2D eigenvalue weighted by atomic mass is 10.1. The molecule has 1 amide bonds. The topological polar surface area (TPSA) is 46.1 Å². The van der Waals surface area contributed by atoms with Crippen molar-refractivity contribution in [3.05, 3.63) is 94.3 Å². The zero-order chi connectivity index (χ0) is 21.1. The first-order valence-corrected chi connectivity index (χ1v) is 10.7. The van der Waals surface area contributed by atoms with Crippen molar-refractivity contribution in [3.8, 4) is 0 Å². The number of benzene rings is 2. The molecule has 2 aromatic carbocycles. The summed E-state index contributed by atoms with van der Waals surface area (Å²) in [4.78, 5) is 23.8. The van der Waals surface area contributed by atoms with E-state index in [1.165, 1.54) is 22.5 Å². The Kier molecular flexibility index (Phi) is 5.93. The van der Waals surface area contributed by atoms with Gasteiger partial charge in [-0.2, -0.15) is 0 Å². The standard InChI is InChI=1S/C24H20ClN3OS/c1-16-12-21-22(13-17(16)2)30-24(27-21)28(15-18-6-5-11-26-14-18)23(29)10-9-19-7-3-4-8-20(19)25/h3-14H,15H2,1-2H3/b10-9+. The fourth-order valence-corrected chi connectivity index (χ4v) is 4.31. The number of amides is 1. The minimum absolute atomic E-state index is 0.161. The summed E-state index contributed by atoms with van der Waals surface area (Å²) < 4.78 is 1.06. The van der Waals surface area contributed by atoms with Crippen molar-refractivity contribution >= 4 is 50.3 Å². The summed E-state index contributed by atoms with van der Waals surface area (Å²) in [7, 11) is 0. The van der Waals surface area contributed by atoms with E-state index in [1.54, 1.807) is 35.5 Å². The largest absolute Gasteiger partial charge is 0.280 e. The molecule has 0 aliphatic heterocycles. The third kappa shape index (κ3) is 4.42. The molecule has 0 unspecified atom stereocenters. The Bertz CT molecular complexity index is 1190. The maximum absolute atomic E-state index is 13.2. The van der Waals surface area contributed by atoms with Crippen LogP contribution in [0, 0.1) is 13.8 Å². The van der Waals surface area contributed by atoms with Crippen molar-refractivity contribution in [3.63, 3.8) is 0 Å². The highest BCUT2D eigenvalue weighted by molar-refractivity contribution is 7.22. The van der Waals surface area contributed by atoms with Crippen LogP contribution in [0.4, 0.5) is 5.13 Å².